The summed E-state index contributed by atoms with van der Waals surface area (Å²) in [5.74, 6) is 2.87. The van der Waals surface area contributed by atoms with Crippen LogP contribution in [0.5, 0.6) is 17.2 Å². The van der Waals surface area contributed by atoms with Gasteiger partial charge in [-0.05, 0) is 151 Å². The molecule has 0 radical (unpaired) electrons. The zero-order valence-electron chi connectivity index (χ0n) is 80.2. The van der Waals surface area contributed by atoms with Crippen LogP contribution in [-0.2, 0) is 102 Å². The molecule has 4 heterocycles. The Kier molecular flexibility index (Phi) is 47.1. The number of aliphatic hydroxyl groups is 5. The molecule has 23 atom stereocenters. The smallest absolute Gasteiger partial charge is 0.410 e. The average Bonchev–Trinajstić information content (AvgIpc) is 0.761. The van der Waals surface area contributed by atoms with Gasteiger partial charge in [0.15, 0.2) is 47.5 Å². The zero-order chi connectivity index (χ0) is 102. The predicted molar refractivity (Wildman–Crippen MR) is 516 cm³/mol. The Hall–Kier alpha value is -8.48. The highest BCUT2D eigenvalue weighted by Crippen LogP contribution is 2.50. The van der Waals surface area contributed by atoms with E-state index >= 15 is 0 Å². The van der Waals surface area contributed by atoms with Gasteiger partial charge in [-0.25, -0.2) is 9.59 Å². The molecule has 8 rings (SSSR count). The molecule has 770 valence electrons. The molecular weight excluding hydrogens is 1990 g/mol. The van der Waals surface area contributed by atoms with E-state index in [1.54, 1.807) is 72.7 Å². The monoisotopic (exact) mass is 2120 g/mol. The summed E-state index contributed by atoms with van der Waals surface area (Å²) in [4.78, 5) is 169. The molecule has 6 aliphatic rings. The number of allylic oxidation sites excluding steroid dienone is 2. The number of ether oxygens (including phenoxy) is 13. The van der Waals surface area contributed by atoms with E-state index in [0.717, 1.165) is 40.5 Å². The quantitative estimate of drug-likeness (QED) is 0.0108. The maximum atomic E-state index is 14.7. The molecule has 4 aliphatic heterocycles. The number of carbonyl (C=O) groups excluding carboxylic acids is 11. The highest BCUT2D eigenvalue weighted by atomic mass is 127. The first-order valence-electron chi connectivity index (χ1n) is 45.9. The lowest BCUT2D eigenvalue weighted by molar-refractivity contribution is -0.337. The van der Waals surface area contributed by atoms with Gasteiger partial charge in [-0.1, -0.05) is 95.5 Å². The van der Waals surface area contributed by atoms with Crippen LogP contribution in [0.15, 0.2) is 59.2 Å². The maximum absolute atomic E-state index is 14.7. The molecule has 17 N–H and O–H groups in total. The van der Waals surface area contributed by atoms with Crippen molar-refractivity contribution in [2.75, 3.05) is 91.7 Å². The van der Waals surface area contributed by atoms with E-state index in [1.807, 2.05) is 22.6 Å². The molecule has 2 aliphatic carbocycles. The zero-order valence-corrected chi connectivity index (χ0v) is 84.8. The number of fused-ring (bicyclic) bond motifs is 2. The summed E-state index contributed by atoms with van der Waals surface area (Å²) >= 11 is 2.72. The molecule has 0 aromatic heterocycles. The number of thioether (sulfide) groups is 1. The van der Waals surface area contributed by atoms with Gasteiger partial charge in [-0.2, -0.15) is 5.48 Å². The molecule has 2 bridgehead atoms. The number of benzene rings is 2. The van der Waals surface area contributed by atoms with Crippen molar-refractivity contribution < 1.29 is 155 Å². The largest absolute Gasteiger partial charge is 0.492 e. The number of unbranched alkanes of at least 4 members (excludes halogenated alkanes) is 1. The molecule has 139 heavy (non-hydrogen) atoms. The molecular formula is C94H132IN9O32S3. The number of esters is 1. The molecule has 0 unspecified atom stereocenters. The summed E-state index contributed by atoms with van der Waals surface area (Å²) in [7, 11) is 8.77. The molecule has 41 nitrogen and oxygen atoms in total. The number of aliphatic hydroxyl groups excluding tert-OH is 4. The van der Waals surface area contributed by atoms with Crippen LogP contribution in [0, 0.1) is 57.8 Å². The Bertz CT molecular complexity index is 4810. The van der Waals surface area contributed by atoms with Gasteiger partial charge in [0.25, 0.3) is 0 Å². The van der Waals surface area contributed by atoms with Crippen molar-refractivity contribution >= 4 is 132 Å². The maximum Gasteiger partial charge on any atom is 0.410 e. The summed E-state index contributed by atoms with van der Waals surface area (Å²) in [5.41, 5.74) is 18.1. The number of nitrogens with zero attached hydrogens (tertiary/aromatic N) is 1. The molecule has 0 spiro atoms. The Balaban J connectivity index is 1.04. The first-order valence-corrected chi connectivity index (χ1v) is 50.3. The third kappa shape index (κ3) is 32.5. The number of ketones is 4. The van der Waals surface area contributed by atoms with Gasteiger partial charge in [0.2, 0.25) is 34.9 Å². The van der Waals surface area contributed by atoms with Crippen molar-refractivity contribution in [3.8, 4) is 40.9 Å². The number of nitrogens with one attached hydrogen (secondary N) is 5. The van der Waals surface area contributed by atoms with Crippen molar-refractivity contribution in [2.45, 2.75) is 273 Å². The van der Waals surface area contributed by atoms with E-state index in [9.17, 15) is 88.2 Å². The number of anilines is 1. The number of likely N-dealkylation sites (N-methyl/N-ethyl adjacent to an activating group) is 1. The Morgan fingerprint density at radius 1 is 0.755 bits per heavy atom. The van der Waals surface area contributed by atoms with Crippen molar-refractivity contribution in [1.82, 2.24) is 26.3 Å². The fourth-order valence-corrected chi connectivity index (χ4v) is 20.7. The van der Waals surface area contributed by atoms with Crippen LogP contribution in [0.25, 0.3) is 0 Å². The second-order valence-electron chi connectivity index (χ2n) is 34.7. The fourth-order valence-electron chi connectivity index (χ4n) is 16.8. The minimum absolute atomic E-state index is 0.00458. The third-order valence-electron chi connectivity index (χ3n) is 24.3. The van der Waals surface area contributed by atoms with E-state index in [1.165, 1.54) is 58.5 Å². The number of amides is 6. The molecule has 0 saturated carbocycles. The average molecular weight is 2120 g/mol. The van der Waals surface area contributed by atoms with E-state index < -0.39 is 223 Å². The molecule has 6 amide bonds. The summed E-state index contributed by atoms with van der Waals surface area (Å²) < 4.78 is 79.9. The highest BCUT2D eigenvalue weighted by Gasteiger charge is 2.53. The van der Waals surface area contributed by atoms with Crippen molar-refractivity contribution in [2.24, 2.45) is 40.9 Å². The van der Waals surface area contributed by atoms with E-state index in [4.69, 9.17) is 83.6 Å². The summed E-state index contributed by atoms with van der Waals surface area (Å²) in [6.07, 6.45) is -16.3. The van der Waals surface area contributed by atoms with Gasteiger partial charge < -0.3 is 140 Å². The fraction of sp³-hybridized carbons (Fsp3) is 0.638. The summed E-state index contributed by atoms with van der Waals surface area (Å²) in [6.45, 7) is 12.5. The van der Waals surface area contributed by atoms with Crippen molar-refractivity contribution in [3.63, 3.8) is 0 Å². The van der Waals surface area contributed by atoms with Gasteiger partial charge in [-0.15, -0.1) is 0 Å². The van der Waals surface area contributed by atoms with Crippen LogP contribution in [-0.4, -0.2) is 313 Å². The minimum atomic E-state index is -2.32. The number of carbonyl (C=O) groups is 12. The van der Waals surface area contributed by atoms with Gasteiger partial charge >= 0.3 is 24.1 Å². The van der Waals surface area contributed by atoms with Gasteiger partial charge in [-0.3, -0.25) is 48.0 Å². The number of methoxy groups -OCH3 is 5. The first-order chi connectivity index (χ1) is 66.2. The normalized spacial score (nSPS) is 27.0. The van der Waals surface area contributed by atoms with Crippen molar-refractivity contribution in [1.29, 1.82) is 0 Å². The second kappa shape index (κ2) is 56.5. The number of carboxylic acids is 1. The predicted octanol–water partition coefficient (Wildman–Crippen LogP) is 4.56. The summed E-state index contributed by atoms with van der Waals surface area (Å²) in [6, 6.07) is 2.42. The van der Waals surface area contributed by atoms with Gasteiger partial charge in [0.1, 0.15) is 61.3 Å². The van der Waals surface area contributed by atoms with Gasteiger partial charge in [0.05, 0.1) is 110 Å². The lowest BCUT2D eigenvalue weighted by Crippen LogP contribution is -2.65. The van der Waals surface area contributed by atoms with Crippen LogP contribution < -0.4 is 58.2 Å². The molecule has 4 saturated heterocycles. The number of aliphatic carboxylic acids is 1. The number of primary amides is 1. The van der Waals surface area contributed by atoms with Crippen LogP contribution in [0.2, 0.25) is 0 Å². The van der Waals surface area contributed by atoms with Crippen LogP contribution >= 0.6 is 55.9 Å². The second-order valence-corrected chi connectivity index (χ2v) is 39.4. The molecule has 45 heteroatoms. The number of hydroxylamine groups is 1. The number of nitrogens with two attached hydrogens (primary N) is 3. The summed E-state index contributed by atoms with van der Waals surface area (Å²) in [5, 5.41) is 78.2. The molecule has 2 aromatic carbocycles. The van der Waals surface area contributed by atoms with Crippen LogP contribution in [0.3, 0.4) is 0 Å². The number of hydrogen-bond donors (Lipinski definition) is 14. The SMILES string of the molecule is CCN(C(=O)OCc1ccc(NC(=O)[C@H](CCCNC(N)=O)CC(=O)[C@@H](NC(=O)[C@H](CCCCN)CC(C)=O)C(C)C)cc1)[C@H]1CO[C@@H](O[C@H]2[C@H](O[C@H]3C#C/C=C\C#C[C@]4(O)CC(=O)C(CC(=O)OC)=C3C4=CCSSC[C@H](CC(=O)CCCN)C(=O)NCC(=O)O)O[C@H](C)[C@@H](NO[C@H]3C[C@H](O)[C@H](SC(=O)c4c(C)c(I)c(O[C@@H]5O[C@@H](C)[C@H](O)[C@@H](OC)[C@H]5O)c(OC)c4OC)[C@@H](C)O3)[C@@H]2O)C[C@@H]1OC. The number of hydrogen-bond acceptors (Lipinski definition) is 37. The third-order valence-corrected chi connectivity index (χ3v) is 29.3. The topological polar surface area (TPSA) is 597 Å². The van der Waals surface area contributed by atoms with E-state index in [-0.39, 0.29) is 147 Å². The minimum Gasteiger partial charge on any atom is -0.492 e. The lowest BCUT2D eigenvalue weighted by Gasteiger charge is -2.47. The first kappa shape index (κ1) is 116. The Morgan fingerprint density at radius 2 is 1.45 bits per heavy atom. The highest BCUT2D eigenvalue weighted by molar-refractivity contribution is 14.1. The number of rotatable bonds is 52. The lowest BCUT2D eigenvalue weighted by atomic mass is 9.72. The molecule has 2 aromatic rings. The molecule has 4 fully saturated rings. The van der Waals surface area contributed by atoms with E-state index in [2.05, 4.69) is 50.4 Å². The Morgan fingerprint density at radius 3 is 2.09 bits per heavy atom. The van der Waals surface area contributed by atoms with Crippen LogP contribution in [0.1, 0.15) is 160 Å². The van der Waals surface area contributed by atoms with Crippen LogP contribution in [0.4, 0.5) is 15.3 Å². The number of urea groups is 1. The number of Topliss-reactive ketones (excluding diaryl/α,β-unsaturated/α-hetero) is 4. The standard InChI is InChI=1S/C94H132IN9O32S3/c1-14-104(93(121)129-45-54-27-29-58(30-28-54)101-87(117)56(24-22-35-99-92(98)120)39-63(107)75(48(2)3)102-88(118)55(37-49(4)105)23-18-20-33-96)62-46-128-70(42-67(62)123-9)134-83-78(114)76(103-136-71-41-64(108)85(53(8)130-71)139-89(119)72-50(5)74(95)81(84(127-13)80(72)125-11)135-90-79(115)82(126-12)77(113)52(7)132-90)51(6)131-91(83)133-66-26-17-15-16-19-32-94(122)43-65(109)60(40-69(112)124-10)73(66)61(94)31-36-137-138-47-57(38-59(106)25-21-34-97)86(116)100-44-68(110)111/h15-16,27-31,48,51-53,55-57,62,64,66-67,70-71,75-79,82-83,85,90-91,103,108,113-115,122H,14,18,20-25,33-47,96-97H2,1-13H3,(H,100,116)(H,101,117)(H,102,118)(H,110,111)(H3,98,99,120)/b16-15-,61-31?/t51-,52+,53-,55-,56-,57+,62+,64+,66+,67+,70+,71+,75+,76-,77+,78+,79-,82-,83-,85-,90+,91+,94+/m1/s1. The number of carboxylic acid groups (broad SMARTS) is 1. The number of halogens is 1. The van der Waals surface area contributed by atoms with E-state index in [0.29, 0.717) is 52.6 Å². The Labute approximate surface area is 833 Å². The van der Waals surface area contributed by atoms with Crippen molar-refractivity contribution in [3.05, 3.63) is 79.5 Å². The van der Waals surface area contributed by atoms with Gasteiger partial charge in [0, 0.05) is 112 Å².